The molecule has 0 atom stereocenters. The first-order valence-electron chi connectivity index (χ1n) is 9.43. The van der Waals surface area contributed by atoms with E-state index < -0.39 is 0 Å². The molecule has 4 heterocycles. The third-order valence-electron chi connectivity index (χ3n) is 4.83. The van der Waals surface area contributed by atoms with Crippen molar-refractivity contribution in [2.45, 2.75) is 0 Å². The Bertz CT molecular complexity index is 803. The molecule has 28 heavy (non-hydrogen) atoms. The number of ether oxygens (including phenoxy) is 4. The van der Waals surface area contributed by atoms with E-state index in [4.69, 9.17) is 23.9 Å². The molecule has 0 aliphatic carbocycles. The van der Waals surface area contributed by atoms with Crippen LogP contribution in [-0.2, 0) is 9.47 Å². The van der Waals surface area contributed by atoms with Gasteiger partial charge in [0.1, 0.15) is 0 Å². The van der Waals surface area contributed by atoms with Crippen molar-refractivity contribution in [3.05, 3.63) is 18.2 Å². The van der Waals surface area contributed by atoms with Gasteiger partial charge in [-0.1, -0.05) is 0 Å². The second-order valence-corrected chi connectivity index (χ2v) is 6.65. The fourth-order valence-electron chi connectivity index (χ4n) is 3.32. The summed E-state index contributed by atoms with van der Waals surface area (Å²) in [6, 6.07) is 5.67. The van der Waals surface area contributed by atoms with Gasteiger partial charge in [0.05, 0.1) is 26.4 Å². The summed E-state index contributed by atoms with van der Waals surface area (Å²) in [4.78, 5) is 18.3. The Balaban J connectivity index is 1.45. The van der Waals surface area contributed by atoms with E-state index in [0.29, 0.717) is 50.0 Å². The lowest BCUT2D eigenvalue weighted by molar-refractivity contribution is 0.121. The molecule has 0 bridgehead atoms. The Hall–Kier alpha value is -2.85. The second kappa shape index (κ2) is 7.64. The summed E-state index contributed by atoms with van der Waals surface area (Å²) in [6.07, 6.45) is 0. The first-order valence-corrected chi connectivity index (χ1v) is 9.43. The molecule has 0 spiro atoms. The third-order valence-corrected chi connectivity index (χ3v) is 4.83. The predicted molar refractivity (Wildman–Crippen MR) is 102 cm³/mol. The summed E-state index contributed by atoms with van der Waals surface area (Å²) in [7, 11) is 0. The molecule has 0 saturated carbocycles. The smallest absolute Gasteiger partial charge is 0.233 e. The van der Waals surface area contributed by atoms with Crippen LogP contribution in [0.25, 0.3) is 0 Å². The number of aromatic nitrogens is 3. The van der Waals surface area contributed by atoms with Gasteiger partial charge in [0.2, 0.25) is 24.6 Å². The number of nitrogens with one attached hydrogen (secondary N) is 1. The number of morpholine rings is 2. The van der Waals surface area contributed by atoms with Gasteiger partial charge in [0.15, 0.2) is 11.5 Å². The highest BCUT2D eigenvalue weighted by Gasteiger charge is 2.21. The maximum absolute atomic E-state index is 5.46. The molecule has 1 aromatic carbocycles. The van der Waals surface area contributed by atoms with Gasteiger partial charge < -0.3 is 34.1 Å². The molecule has 2 saturated heterocycles. The van der Waals surface area contributed by atoms with Crippen LogP contribution < -0.4 is 24.6 Å². The summed E-state index contributed by atoms with van der Waals surface area (Å²) < 4.78 is 21.7. The number of anilines is 4. The quantitative estimate of drug-likeness (QED) is 0.821. The predicted octanol–water partition coefficient (Wildman–Crippen LogP) is 1.02. The van der Waals surface area contributed by atoms with Crippen LogP contribution in [0.3, 0.4) is 0 Å². The zero-order chi connectivity index (χ0) is 18.8. The van der Waals surface area contributed by atoms with E-state index in [1.165, 1.54) is 0 Å². The largest absolute Gasteiger partial charge is 0.454 e. The van der Waals surface area contributed by atoms with Crippen molar-refractivity contribution in [1.82, 2.24) is 15.0 Å². The number of hydrogen-bond donors (Lipinski definition) is 1. The lowest BCUT2D eigenvalue weighted by Crippen LogP contribution is -2.40. The molecule has 3 aliphatic heterocycles. The number of nitrogens with zero attached hydrogens (tertiary/aromatic N) is 5. The van der Waals surface area contributed by atoms with Crippen molar-refractivity contribution in [2.24, 2.45) is 0 Å². The summed E-state index contributed by atoms with van der Waals surface area (Å²) in [5.74, 6) is 3.26. The summed E-state index contributed by atoms with van der Waals surface area (Å²) >= 11 is 0. The molecular formula is C18H22N6O4. The van der Waals surface area contributed by atoms with Crippen molar-refractivity contribution >= 4 is 23.5 Å². The lowest BCUT2D eigenvalue weighted by atomic mass is 10.3. The van der Waals surface area contributed by atoms with E-state index in [1.807, 2.05) is 18.2 Å². The minimum atomic E-state index is 0.243. The topological polar surface area (TPSA) is 94.1 Å². The standard InChI is InChI=1S/C18H22N6O4/c1-2-14-15(28-12-27-14)11-13(1)19-16-20-17(23-3-7-25-8-4-23)22-18(21-16)24-5-9-26-10-6-24/h1-2,11H,3-10,12H2,(H,19,20,21,22). The zero-order valence-corrected chi connectivity index (χ0v) is 15.5. The number of benzene rings is 1. The zero-order valence-electron chi connectivity index (χ0n) is 15.5. The molecule has 5 rings (SSSR count). The van der Waals surface area contributed by atoms with Crippen molar-refractivity contribution in [1.29, 1.82) is 0 Å². The van der Waals surface area contributed by atoms with Gasteiger partial charge in [-0.25, -0.2) is 0 Å². The van der Waals surface area contributed by atoms with Gasteiger partial charge in [0, 0.05) is 37.9 Å². The van der Waals surface area contributed by atoms with E-state index in [9.17, 15) is 0 Å². The molecule has 1 aromatic heterocycles. The lowest BCUT2D eigenvalue weighted by Gasteiger charge is -2.30. The van der Waals surface area contributed by atoms with E-state index in [0.717, 1.165) is 37.6 Å². The molecule has 1 N–H and O–H groups in total. The fourth-order valence-corrected chi connectivity index (χ4v) is 3.32. The molecule has 2 fully saturated rings. The van der Waals surface area contributed by atoms with Crippen LogP contribution in [0.5, 0.6) is 11.5 Å². The van der Waals surface area contributed by atoms with E-state index in [1.54, 1.807) is 0 Å². The molecule has 10 nitrogen and oxygen atoms in total. The first-order chi connectivity index (χ1) is 13.8. The minimum Gasteiger partial charge on any atom is -0.454 e. The van der Waals surface area contributed by atoms with E-state index in [-0.39, 0.29) is 6.79 Å². The van der Waals surface area contributed by atoms with Crippen molar-refractivity contribution in [3.8, 4) is 11.5 Å². The molecule has 3 aliphatic rings. The van der Waals surface area contributed by atoms with Crippen LogP contribution in [0, 0.1) is 0 Å². The average molecular weight is 386 g/mol. The number of rotatable bonds is 4. The minimum absolute atomic E-state index is 0.243. The van der Waals surface area contributed by atoms with E-state index in [2.05, 4.69) is 25.1 Å². The van der Waals surface area contributed by atoms with Crippen LogP contribution in [0.15, 0.2) is 18.2 Å². The highest BCUT2D eigenvalue weighted by molar-refractivity contribution is 5.61. The van der Waals surface area contributed by atoms with Crippen LogP contribution in [0.4, 0.5) is 23.5 Å². The van der Waals surface area contributed by atoms with Crippen LogP contribution in [0.2, 0.25) is 0 Å². The summed E-state index contributed by atoms with van der Waals surface area (Å²) in [5.41, 5.74) is 0.830. The second-order valence-electron chi connectivity index (χ2n) is 6.65. The molecule has 148 valence electrons. The Morgan fingerprint density at radius 2 is 1.36 bits per heavy atom. The Morgan fingerprint density at radius 1 is 0.750 bits per heavy atom. The van der Waals surface area contributed by atoms with E-state index >= 15 is 0 Å². The Kier molecular flexibility index (Phi) is 4.71. The summed E-state index contributed by atoms with van der Waals surface area (Å²) in [5, 5.41) is 3.28. The van der Waals surface area contributed by atoms with Gasteiger partial charge in [-0.2, -0.15) is 15.0 Å². The number of hydrogen-bond acceptors (Lipinski definition) is 10. The highest BCUT2D eigenvalue weighted by Crippen LogP contribution is 2.35. The van der Waals surface area contributed by atoms with Crippen LogP contribution >= 0.6 is 0 Å². The van der Waals surface area contributed by atoms with Crippen molar-refractivity contribution in [2.75, 3.05) is 74.5 Å². The maximum atomic E-state index is 5.46. The number of fused-ring (bicyclic) bond motifs is 1. The molecule has 2 aromatic rings. The van der Waals surface area contributed by atoms with Crippen LogP contribution in [0.1, 0.15) is 0 Å². The fraction of sp³-hybridized carbons (Fsp3) is 0.500. The normalized spacial score (nSPS) is 19.0. The van der Waals surface area contributed by atoms with Gasteiger partial charge in [-0.3, -0.25) is 0 Å². The third kappa shape index (κ3) is 3.60. The van der Waals surface area contributed by atoms with Gasteiger partial charge >= 0.3 is 0 Å². The van der Waals surface area contributed by atoms with Gasteiger partial charge in [-0.15, -0.1) is 0 Å². The monoisotopic (exact) mass is 386 g/mol. The van der Waals surface area contributed by atoms with Gasteiger partial charge in [-0.05, 0) is 12.1 Å². The molecule has 0 radical (unpaired) electrons. The van der Waals surface area contributed by atoms with Gasteiger partial charge in [0.25, 0.3) is 0 Å². The molecular weight excluding hydrogens is 364 g/mol. The van der Waals surface area contributed by atoms with Crippen LogP contribution in [-0.4, -0.2) is 74.4 Å². The SMILES string of the molecule is c1cc2c(cc1Nc1nc(N3CCOCC3)nc(N3CCOCC3)n1)OCO2. The molecule has 0 amide bonds. The maximum Gasteiger partial charge on any atom is 0.233 e. The van der Waals surface area contributed by atoms with Crippen molar-refractivity contribution in [3.63, 3.8) is 0 Å². The highest BCUT2D eigenvalue weighted by atomic mass is 16.7. The molecule has 10 heteroatoms. The Morgan fingerprint density at radius 3 is 2.00 bits per heavy atom. The average Bonchev–Trinajstić information content (AvgIpc) is 3.23. The van der Waals surface area contributed by atoms with Crippen molar-refractivity contribution < 1.29 is 18.9 Å². The summed E-state index contributed by atoms with van der Waals surface area (Å²) in [6.45, 7) is 5.96. The molecule has 0 unspecified atom stereocenters. The first kappa shape index (κ1) is 17.3. The Labute approximate surface area is 162 Å².